The molecule has 0 aliphatic heterocycles. The predicted molar refractivity (Wildman–Crippen MR) is 87.7 cm³/mol. The lowest BCUT2D eigenvalue weighted by molar-refractivity contribution is 0.576. The maximum Gasteiger partial charge on any atom is 0.0457 e. The second-order valence-corrected chi connectivity index (χ2v) is 5.93. The van der Waals surface area contributed by atoms with Gasteiger partial charge in [-0.15, -0.1) is 0 Å². The van der Waals surface area contributed by atoms with Crippen LogP contribution >= 0.6 is 15.9 Å². The molecule has 3 aromatic rings. The highest BCUT2D eigenvalue weighted by Gasteiger charge is 2.07. The number of aromatic nitrogens is 1. The quantitative estimate of drug-likeness (QED) is 0.708. The highest BCUT2D eigenvalue weighted by atomic mass is 79.9. The molecule has 0 saturated heterocycles. The van der Waals surface area contributed by atoms with Crippen molar-refractivity contribution in [2.24, 2.45) is 0 Å². The molecular formula is C17H17BrN2. The van der Waals surface area contributed by atoms with Crippen LogP contribution in [0.15, 0.2) is 59.2 Å². The summed E-state index contributed by atoms with van der Waals surface area (Å²) in [5, 5.41) is 4.87. The van der Waals surface area contributed by atoms with E-state index < -0.39 is 0 Å². The van der Waals surface area contributed by atoms with Gasteiger partial charge in [0.1, 0.15) is 0 Å². The van der Waals surface area contributed by atoms with Crippen LogP contribution in [0.3, 0.4) is 0 Å². The van der Waals surface area contributed by atoms with E-state index in [2.05, 4.69) is 87.9 Å². The SMILES string of the molecule is C[C@@H](NCc1c[nH]c2ccccc12)c1ccc(Br)cc1. The van der Waals surface area contributed by atoms with Gasteiger partial charge in [-0.05, 0) is 36.2 Å². The number of fused-ring (bicyclic) bond motifs is 1. The molecule has 1 atom stereocenters. The molecule has 0 amide bonds. The Bertz CT molecular complexity index is 700. The zero-order chi connectivity index (χ0) is 13.9. The van der Waals surface area contributed by atoms with Crippen LogP contribution in [-0.4, -0.2) is 4.98 Å². The molecule has 3 rings (SSSR count). The molecule has 1 heterocycles. The molecule has 1 aromatic heterocycles. The van der Waals surface area contributed by atoms with E-state index in [1.807, 2.05) is 0 Å². The minimum absolute atomic E-state index is 0.330. The number of halogens is 1. The predicted octanol–water partition coefficient (Wildman–Crippen LogP) is 4.78. The van der Waals surface area contributed by atoms with Gasteiger partial charge in [0.15, 0.2) is 0 Å². The molecule has 0 bridgehead atoms. The van der Waals surface area contributed by atoms with Crippen molar-refractivity contribution in [2.45, 2.75) is 19.5 Å². The van der Waals surface area contributed by atoms with Gasteiger partial charge < -0.3 is 10.3 Å². The third-order valence-electron chi connectivity index (χ3n) is 3.64. The van der Waals surface area contributed by atoms with E-state index in [1.165, 1.54) is 22.0 Å². The Labute approximate surface area is 127 Å². The van der Waals surface area contributed by atoms with E-state index >= 15 is 0 Å². The first kappa shape index (κ1) is 13.4. The average molecular weight is 329 g/mol. The summed E-state index contributed by atoms with van der Waals surface area (Å²) < 4.78 is 1.12. The highest BCUT2D eigenvalue weighted by Crippen LogP contribution is 2.20. The number of hydrogen-bond donors (Lipinski definition) is 2. The molecule has 0 saturated carbocycles. The van der Waals surface area contributed by atoms with Gasteiger partial charge in [-0.2, -0.15) is 0 Å². The molecule has 0 aliphatic rings. The fraction of sp³-hybridized carbons (Fsp3) is 0.176. The third-order valence-corrected chi connectivity index (χ3v) is 4.17. The van der Waals surface area contributed by atoms with Crippen LogP contribution < -0.4 is 5.32 Å². The largest absolute Gasteiger partial charge is 0.361 e. The van der Waals surface area contributed by atoms with E-state index in [0.29, 0.717) is 6.04 Å². The van der Waals surface area contributed by atoms with Gasteiger partial charge in [0.05, 0.1) is 0 Å². The lowest BCUT2D eigenvalue weighted by atomic mass is 10.1. The summed E-state index contributed by atoms with van der Waals surface area (Å²) in [4.78, 5) is 3.31. The number of H-pyrrole nitrogens is 1. The standard InChI is InChI=1S/C17H17BrN2/c1-12(13-6-8-15(18)9-7-13)19-10-14-11-20-17-5-3-2-4-16(14)17/h2-9,11-12,19-20H,10H2,1H3/t12-/m1/s1. The maximum absolute atomic E-state index is 3.58. The van der Waals surface area contributed by atoms with Crippen molar-refractivity contribution in [1.82, 2.24) is 10.3 Å². The Hall–Kier alpha value is -1.58. The lowest BCUT2D eigenvalue weighted by Gasteiger charge is -2.14. The average Bonchev–Trinajstić information content (AvgIpc) is 2.89. The fourth-order valence-corrected chi connectivity index (χ4v) is 2.67. The van der Waals surface area contributed by atoms with Crippen LogP contribution in [0.1, 0.15) is 24.1 Å². The second-order valence-electron chi connectivity index (χ2n) is 5.01. The van der Waals surface area contributed by atoms with Crippen molar-refractivity contribution in [3.8, 4) is 0 Å². The number of para-hydroxylation sites is 1. The molecule has 102 valence electrons. The van der Waals surface area contributed by atoms with Gasteiger partial charge in [-0.1, -0.05) is 46.3 Å². The second kappa shape index (κ2) is 5.81. The Morgan fingerprint density at radius 1 is 1.10 bits per heavy atom. The zero-order valence-electron chi connectivity index (χ0n) is 11.4. The smallest absolute Gasteiger partial charge is 0.0457 e. The van der Waals surface area contributed by atoms with Crippen molar-refractivity contribution >= 4 is 26.8 Å². The van der Waals surface area contributed by atoms with E-state index in [-0.39, 0.29) is 0 Å². The normalized spacial score (nSPS) is 12.7. The van der Waals surface area contributed by atoms with Crippen LogP contribution in [0, 0.1) is 0 Å². The number of aromatic amines is 1. The van der Waals surface area contributed by atoms with Crippen LogP contribution in [-0.2, 0) is 6.54 Å². The number of nitrogens with one attached hydrogen (secondary N) is 2. The van der Waals surface area contributed by atoms with Crippen molar-refractivity contribution in [3.05, 3.63) is 70.3 Å². The summed E-state index contributed by atoms with van der Waals surface area (Å²) in [7, 11) is 0. The topological polar surface area (TPSA) is 27.8 Å². The summed E-state index contributed by atoms with van der Waals surface area (Å²) in [5.74, 6) is 0. The molecule has 2 N–H and O–H groups in total. The lowest BCUT2D eigenvalue weighted by Crippen LogP contribution is -2.17. The molecule has 0 radical (unpaired) electrons. The van der Waals surface area contributed by atoms with Gasteiger partial charge in [-0.25, -0.2) is 0 Å². The van der Waals surface area contributed by atoms with Crippen LogP contribution in [0.4, 0.5) is 0 Å². The summed E-state index contributed by atoms with van der Waals surface area (Å²) >= 11 is 3.47. The Balaban J connectivity index is 1.71. The summed E-state index contributed by atoms with van der Waals surface area (Å²) in [6.45, 7) is 3.05. The van der Waals surface area contributed by atoms with Gasteiger partial charge in [0.2, 0.25) is 0 Å². The van der Waals surface area contributed by atoms with Crippen LogP contribution in [0.5, 0.6) is 0 Å². The molecule has 0 spiro atoms. The Morgan fingerprint density at radius 2 is 1.85 bits per heavy atom. The highest BCUT2D eigenvalue weighted by molar-refractivity contribution is 9.10. The molecule has 0 fully saturated rings. The van der Waals surface area contributed by atoms with Gasteiger partial charge >= 0.3 is 0 Å². The summed E-state index contributed by atoms with van der Waals surface area (Å²) in [5.41, 5.74) is 3.80. The van der Waals surface area contributed by atoms with Crippen molar-refractivity contribution < 1.29 is 0 Å². The summed E-state index contributed by atoms with van der Waals surface area (Å²) in [6.07, 6.45) is 2.09. The molecule has 2 aromatic carbocycles. The fourth-order valence-electron chi connectivity index (χ4n) is 2.41. The molecule has 0 unspecified atom stereocenters. The molecule has 2 nitrogen and oxygen atoms in total. The monoisotopic (exact) mass is 328 g/mol. The van der Waals surface area contributed by atoms with E-state index in [4.69, 9.17) is 0 Å². The maximum atomic E-state index is 3.58. The minimum Gasteiger partial charge on any atom is -0.361 e. The number of hydrogen-bond acceptors (Lipinski definition) is 1. The molecular weight excluding hydrogens is 312 g/mol. The summed E-state index contributed by atoms with van der Waals surface area (Å²) in [6, 6.07) is 17.2. The molecule has 3 heteroatoms. The van der Waals surface area contributed by atoms with Crippen LogP contribution in [0.25, 0.3) is 10.9 Å². The first-order chi connectivity index (χ1) is 9.74. The Kier molecular flexibility index (Phi) is 3.90. The van der Waals surface area contributed by atoms with Gasteiger partial charge in [-0.3, -0.25) is 0 Å². The first-order valence-electron chi connectivity index (χ1n) is 6.78. The minimum atomic E-state index is 0.330. The Morgan fingerprint density at radius 3 is 2.65 bits per heavy atom. The van der Waals surface area contributed by atoms with Crippen LogP contribution in [0.2, 0.25) is 0 Å². The van der Waals surface area contributed by atoms with Gasteiger partial charge in [0.25, 0.3) is 0 Å². The van der Waals surface area contributed by atoms with E-state index in [9.17, 15) is 0 Å². The van der Waals surface area contributed by atoms with Gasteiger partial charge in [0, 0.05) is 34.2 Å². The van der Waals surface area contributed by atoms with Crippen molar-refractivity contribution in [3.63, 3.8) is 0 Å². The molecule has 0 aliphatic carbocycles. The van der Waals surface area contributed by atoms with E-state index in [0.717, 1.165) is 11.0 Å². The number of rotatable bonds is 4. The van der Waals surface area contributed by atoms with E-state index in [1.54, 1.807) is 0 Å². The molecule has 20 heavy (non-hydrogen) atoms. The van der Waals surface area contributed by atoms with Crippen molar-refractivity contribution in [1.29, 1.82) is 0 Å². The zero-order valence-corrected chi connectivity index (χ0v) is 12.9. The first-order valence-corrected chi connectivity index (χ1v) is 7.57. The van der Waals surface area contributed by atoms with Crippen molar-refractivity contribution in [2.75, 3.05) is 0 Å². The third kappa shape index (κ3) is 2.79. The number of benzene rings is 2.